The molecule has 1 aliphatic carbocycles. The summed E-state index contributed by atoms with van der Waals surface area (Å²) in [5.74, 6) is 0.121. The van der Waals surface area contributed by atoms with E-state index in [0.717, 1.165) is 6.54 Å². The SMILES string of the molecule is CC(=O)N(C)Cc1ccc2c(c1)CCC2. The Bertz CT molecular complexity index is 384. The summed E-state index contributed by atoms with van der Waals surface area (Å²) < 4.78 is 0. The van der Waals surface area contributed by atoms with Crippen molar-refractivity contribution in [2.75, 3.05) is 7.05 Å². The molecule has 1 amide bonds. The van der Waals surface area contributed by atoms with Gasteiger partial charge in [-0.05, 0) is 36.0 Å². The van der Waals surface area contributed by atoms with Gasteiger partial charge in [-0.25, -0.2) is 0 Å². The Kier molecular flexibility index (Phi) is 2.76. The first kappa shape index (κ1) is 10.2. The summed E-state index contributed by atoms with van der Waals surface area (Å²) in [6, 6.07) is 6.61. The minimum atomic E-state index is 0.121. The number of amides is 1. The van der Waals surface area contributed by atoms with Gasteiger partial charge in [0.25, 0.3) is 0 Å². The monoisotopic (exact) mass is 203 g/mol. The lowest BCUT2D eigenvalue weighted by atomic mass is 10.1. The zero-order chi connectivity index (χ0) is 10.8. The van der Waals surface area contributed by atoms with Crippen molar-refractivity contribution in [1.82, 2.24) is 4.90 Å². The lowest BCUT2D eigenvalue weighted by molar-refractivity contribution is -0.128. The molecule has 2 nitrogen and oxygen atoms in total. The average molecular weight is 203 g/mol. The normalized spacial score (nSPS) is 13.7. The largest absolute Gasteiger partial charge is 0.342 e. The standard InChI is InChI=1S/C13H17NO/c1-10(15)14(2)9-11-6-7-12-4-3-5-13(12)8-11/h6-8H,3-5,9H2,1-2H3. The van der Waals surface area contributed by atoms with E-state index in [1.807, 2.05) is 7.05 Å². The third-order valence-electron chi connectivity index (χ3n) is 3.12. The minimum absolute atomic E-state index is 0.121. The molecule has 0 bridgehead atoms. The van der Waals surface area contributed by atoms with Gasteiger partial charge in [0, 0.05) is 20.5 Å². The third kappa shape index (κ3) is 2.20. The summed E-state index contributed by atoms with van der Waals surface area (Å²) in [6.07, 6.45) is 3.70. The molecule has 0 N–H and O–H groups in total. The van der Waals surface area contributed by atoms with Crippen LogP contribution in [0.25, 0.3) is 0 Å². The average Bonchev–Trinajstić information content (AvgIpc) is 2.64. The summed E-state index contributed by atoms with van der Waals surface area (Å²) in [5, 5.41) is 0. The number of rotatable bonds is 2. The van der Waals surface area contributed by atoms with E-state index in [1.165, 1.54) is 36.0 Å². The molecule has 0 unspecified atom stereocenters. The molecule has 15 heavy (non-hydrogen) atoms. The fraction of sp³-hybridized carbons (Fsp3) is 0.462. The van der Waals surface area contributed by atoms with Crippen LogP contribution in [0.15, 0.2) is 18.2 Å². The van der Waals surface area contributed by atoms with Gasteiger partial charge < -0.3 is 4.90 Å². The molecule has 0 atom stereocenters. The molecule has 0 aromatic heterocycles. The van der Waals surface area contributed by atoms with Crippen molar-refractivity contribution in [3.8, 4) is 0 Å². The Hall–Kier alpha value is -1.31. The van der Waals surface area contributed by atoms with Crippen molar-refractivity contribution >= 4 is 5.91 Å². The molecule has 1 aromatic rings. The highest BCUT2D eigenvalue weighted by Gasteiger charge is 2.11. The van der Waals surface area contributed by atoms with Crippen LogP contribution in [0.3, 0.4) is 0 Å². The molecule has 0 spiro atoms. The number of hydrogen-bond donors (Lipinski definition) is 0. The van der Waals surface area contributed by atoms with Crippen LogP contribution < -0.4 is 0 Å². The minimum Gasteiger partial charge on any atom is -0.342 e. The molecule has 0 radical (unpaired) electrons. The molecule has 0 aliphatic heterocycles. The molecule has 0 saturated heterocycles. The van der Waals surface area contributed by atoms with Crippen LogP contribution in [-0.4, -0.2) is 17.9 Å². The number of benzene rings is 1. The third-order valence-corrected chi connectivity index (χ3v) is 3.12. The van der Waals surface area contributed by atoms with Crippen LogP contribution >= 0.6 is 0 Å². The molecule has 1 aliphatic rings. The van der Waals surface area contributed by atoms with Crippen molar-refractivity contribution in [3.05, 3.63) is 34.9 Å². The van der Waals surface area contributed by atoms with E-state index >= 15 is 0 Å². The number of nitrogens with zero attached hydrogens (tertiary/aromatic N) is 1. The predicted molar refractivity (Wildman–Crippen MR) is 60.6 cm³/mol. The Labute approximate surface area is 90.9 Å². The van der Waals surface area contributed by atoms with Gasteiger partial charge in [-0.15, -0.1) is 0 Å². The van der Waals surface area contributed by atoms with E-state index in [0.29, 0.717) is 0 Å². The number of aryl methyl sites for hydroxylation is 2. The topological polar surface area (TPSA) is 20.3 Å². The highest BCUT2D eigenvalue weighted by Crippen LogP contribution is 2.23. The molecule has 80 valence electrons. The van der Waals surface area contributed by atoms with Crippen molar-refractivity contribution in [2.24, 2.45) is 0 Å². The molecule has 0 fully saturated rings. The summed E-state index contributed by atoms with van der Waals surface area (Å²) in [5.41, 5.74) is 4.21. The highest BCUT2D eigenvalue weighted by atomic mass is 16.2. The van der Waals surface area contributed by atoms with E-state index in [-0.39, 0.29) is 5.91 Å². The van der Waals surface area contributed by atoms with Crippen molar-refractivity contribution in [1.29, 1.82) is 0 Å². The maximum absolute atomic E-state index is 11.1. The molecule has 0 saturated carbocycles. The first-order valence-corrected chi connectivity index (χ1v) is 5.49. The molecule has 2 rings (SSSR count). The second-order valence-electron chi connectivity index (χ2n) is 4.33. The molecule has 0 heterocycles. The summed E-state index contributed by atoms with van der Waals surface area (Å²) in [7, 11) is 1.84. The van der Waals surface area contributed by atoms with Crippen LogP contribution in [0.5, 0.6) is 0 Å². The first-order valence-electron chi connectivity index (χ1n) is 5.49. The second kappa shape index (κ2) is 4.05. The van der Waals surface area contributed by atoms with Crippen LogP contribution in [0.4, 0.5) is 0 Å². The Morgan fingerprint density at radius 2 is 2.07 bits per heavy atom. The Morgan fingerprint density at radius 3 is 2.80 bits per heavy atom. The molecule has 2 heteroatoms. The number of fused-ring (bicyclic) bond motifs is 1. The second-order valence-corrected chi connectivity index (χ2v) is 4.33. The zero-order valence-corrected chi connectivity index (χ0v) is 9.42. The maximum atomic E-state index is 11.1. The van der Waals surface area contributed by atoms with E-state index in [4.69, 9.17) is 0 Å². The van der Waals surface area contributed by atoms with Gasteiger partial charge in [0.1, 0.15) is 0 Å². The predicted octanol–water partition coefficient (Wildman–Crippen LogP) is 2.15. The fourth-order valence-corrected chi connectivity index (χ4v) is 2.11. The van der Waals surface area contributed by atoms with Crippen LogP contribution in [-0.2, 0) is 24.2 Å². The Morgan fingerprint density at radius 1 is 1.33 bits per heavy atom. The Balaban J connectivity index is 2.13. The van der Waals surface area contributed by atoms with E-state index < -0.39 is 0 Å². The van der Waals surface area contributed by atoms with Crippen molar-refractivity contribution in [2.45, 2.75) is 32.7 Å². The van der Waals surface area contributed by atoms with Gasteiger partial charge in [0.05, 0.1) is 0 Å². The maximum Gasteiger partial charge on any atom is 0.219 e. The summed E-state index contributed by atoms with van der Waals surface area (Å²) in [6.45, 7) is 2.33. The summed E-state index contributed by atoms with van der Waals surface area (Å²) >= 11 is 0. The fourth-order valence-electron chi connectivity index (χ4n) is 2.11. The first-order chi connectivity index (χ1) is 7.16. The molecule has 1 aromatic carbocycles. The zero-order valence-electron chi connectivity index (χ0n) is 9.42. The lowest BCUT2D eigenvalue weighted by Crippen LogP contribution is -2.23. The van der Waals surface area contributed by atoms with Gasteiger partial charge in [0.2, 0.25) is 5.91 Å². The molecular weight excluding hydrogens is 186 g/mol. The van der Waals surface area contributed by atoms with Gasteiger partial charge in [-0.1, -0.05) is 18.2 Å². The lowest BCUT2D eigenvalue weighted by Gasteiger charge is -2.15. The summed E-state index contributed by atoms with van der Waals surface area (Å²) in [4.78, 5) is 12.9. The van der Waals surface area contributed by atoms with Gasteiger partial charge in [-0.2, -0.15) is 0 Å². The quantitative estimate of drug-likeness (QED) is 0.721. The van der Waals surface area contributed by atoms with E-state index in [2.05, 4.69) is 18.2 Å². The van der Waals surface area contributed by atoms with E-state index in [9.17, 15) is 4.79 Å². The van der Waals surface area contributed by atoms with E-state index in [1.54, 1.807) is 11.8 Å². The number of carbonyl (C=O) groups is 1. The van der Waals surface area contributed by atoms with Gasteiger partial charge in [-0.3, -0.25) is 4.79 Å². The number of carbonyl (C=O) groups excluding carboxylic acids is 1. The highest BCUT2D eigenvalue weighted by molar-refractivity contribution is 5.72. The van der Waals surface area contributed by atoms with Crippen LogP contribution in [0.1, 0.15) is 30.0 Å². The number of hydrogen-bond acceptors (Lipinski definition) is 1. The van der Waals surface area contributed by atoms with Gasteiger partial charge >= 0.3 is 0 Å². The molecular formula is C13H17NO. The van der Waals surface area contributed by atoms with Crippen LogP contribution in [0.2, 0.25) is 0 Å². The van der Waals surface area contributed by atoms with Crippen LogP contribution in [0, 0.1) is 0 Å². The van der Waals surface area contributed by atoms with Gasteiger partial charge in [0.15, 0.2) is 0 Å². The van der Waals surface area contributed by atoms with Crippen molar-refractivity contribution < 1.29 is 4.79 Å². The smallest absolute Gasteiger partial charge is 0.219 e. The van der Waals surface area contributed by atoms with Crippen molar-refractivity contribution in [3.63, 3.8) is 0 Å².